The van der Waals surface area contributed by atoms with E-state index in [1.54, 1.807) is 59.0 Å². The number of carbonyl (C=O) groups excluding carboxylic acids is 1. The molecule has 9 heteroatoms. The van der Waals surface area contributed by atoms with Gasteiger partial charge in [-0.3, -0.25) is 9.36 Å². The molecule has 0 fully saturated rings. The van der Waals surface area contributed by atoms with Gasteiger partial charge >= 0.3 is 6.03 Å². The SMILES string of the molecule is CCC(c1nc2ccccc2c(=O)n1-c1ccccc1OC)N(Cc1ccccc1)C(=O)Nc1ccc(Cl)c(Cl)c1. The van der Waals surface area contributed by atoms with Crippen molar-refractivity contribution in [1.82, 2.24) is 14.5 Å². The van der Waals surface area contributed by atoms with Gasteiger partial charge in [-0.25, -0.2) is 9.78 Å². The molecule has 7 nitrogen and oxygen atoms in total. The van der Waals surface area contributed by atoms with Crippen LogP contribution in [0.1, 0.15) is 30.8 Å². The smallest absolute Gasteiger partial charge is 0.322 e. The van der Waals surface area contributed by atoms with E-state index in [-0.39, 0.29) is 18.1 Å². The number of urea groups is 1. The van der Waals surface area contributed by atoms with E-state index in [4.69, 9.17) is 32.9 Å². The Labute approximate surface area is 247 Å². The number of hydrogen-bond donors (Lipinski definition) is 1. The van der Waals surface area contributed by atoms with Crippen molar-refractivity contribution < 1.29 is 9.53 Å². The van der Waals surface area contributed by atoms with Gasteiger partial charge in [0.25, 0.3) is 5.56 Å². The van der Waals surface area contributed by atoms with E-state index in [2.05, 4.69) is 5.32 Å². The monoisotopic (exact) mass is 586 g/mol. The first-order valence-electron chi connectivity index (χ1n) is 13.1. The number of methoxy groups -OCH3 is 1. The van der Waals surface area contributed by atoms with Crippen molar-refractivity contribution in [3.05, 3.63) is 129 Å². The molecule has 0 saturated carbocycles. The highest BCUT2D eigenvalue weighted by Gasteiger charge is 2.30. The molecule has 1 atom stereocenters. The second-order valence-corrected chi connectivity index (χ2v) is 10.2. The van der Waals surface area contributed by atoms with E-state index in [0.29, 0.717) is 50.3 Å². The molecular formula is C32H28Cl2N4O3. The summed E-state index contributed by atoms with van der Waals surface area (Å²) in [6.07, 6.45) is 0.474. The number of anilines is 1. The van der Waals surface area contributed by atoms with Crippen molar-refractivity contribution >= 4 is 45.8 Å². The van der Waals surface area contributed by atoms with E-state index in [9.17, 15) is 9.59 Å². The van der Waals surface area contributed by atoms with Crippen LogP contribution >= 0.6 is 23.2 Å². The maximum atomic E-state index is 14.1. The van der Waals surface area contributed by atoms with Crippen molar-refractivity contribution in [2.45, 2.75) is 25.9 Å². The Balaban J connectivity index is 1.70. The van der Waals surface area contributed by atoms with E-state index in [1.807, 2.05) is 61.5 Å². The number of rotatable bonds is 8. The molecule has 0 saturated heterocycles. The minimum atomic E-state index is -0.597. The lowest BCUT2D eigenvalue weighted by atomic mass is 10.1. The van der Waals surface area contributed by atoms with Crippen molar-refractivity contribution in [2.24, 2.45) is 0 Å². The summed E-state index contributed by atoms with van der Waals surface area (Å²) >= 11 is 12.3. The molecule has 0 radical (unpaired) electrons. The van der Waals surface area contributed by atoms with Crippen LogP contribution in [0.3, 0.4) is 0 Å². The summed E-state index contributed by atoms with van der Waals surface area (Å²) in [5.74, 6) is 0.929. The first-order valence-corrected chi connectivity index (χ1v) is 13.9. The van der Waals surface area contributed by atoms with Crippen molar-refractivity contribution in [1.29, 1.82) is 0 Å². The molecule has 0 aliphatic heterocycles. The Hall–Kier alpha value is -4.33. The van der Waals surface area contributed by atoms with Crippen LogP contribution in [0.25, 0.3) is 16.6 Å². The zero-order valence-electron chi connectivity index (χ0n) is 22.6. The largest absolute Gasteiger partial charge is 0.495 e. The topological polar surface area (TPSA) is 76.5 Å². The number of hydrogen-bond acceptors (Lipinski definition) is 4. The predicted molar refractivity (Wildman–Crippen MR) is 164 cm³/mol. The summed E-state index contributed by atoms with van der Waals surface area (Å²) < 4.78 is 7.19. The highest BCUT2D eigenvalue weighted by atomic mass is 35.5. The molecule has 1 heterocycles. The van der Waals surface area contributed by atoms with Gasteiger partial charge < -0.3 is 15.0 Å². The quantitative estimate of drug-likeness (QED) is 0.200. The first kappa shape index (κ1) is 28.2. The third kappa shape index (κ3) is 5.92. The van der Waals surface area contributed by atoms with Gasteiger partial charge in [0.1, 0.15) is 11.6 Å². The van der Waals surface area contributed by atoms with E-state index >= 15 is 0 Å². The summed E-state index contributed by atoms with van der Waals surface area (Å²) in [7, 11) is 1.56. The summed E-state index contributed by atoms with van der Waals surface area (Å²) in [4.78, 5) is 34.7. The Bertz CT molecular complexity index is 1760. The highest BCUT2D eigenvalue weighted by molar-refractivity contribution is 6.42. The standard InChI is InChI=1S/C32H28Cl2N4O3/c1-3-27(37(20-21-11-5-4-6-12-21)32(40)35-22-17-18-24(33)25(34)19-22)30-36-26-14-8-7-13-23(26)31(39)38(30)28-15-9-10-16-29(28)41-2/h4-19,27H,3,20H2,1-2H3,(H,35,40). The zero-order chi connectivity index (χ0) is 28.9. The molecule has 5 rings (SSSR count). The maximum Gasteiger partial charge on any atom is 0.322 e. The molecule has 0 aliphatic rings. The van der Waals surface area contributed by atoms with Gasteiger partial charge in [0, 0.05) is 12.2 Å². The summed E-state index contributed by atoms with van der Waals surface area (Å²) in [5, 5.41) is 4.13. The number of nitrogens with zero attached hydrogens (tertiary/aromatic N) is 3. The highest BCUT2D eigenvalue weighted by Crippen LogP contribution is 2.32. The third-order valence-electron chi connectivity index (χ3n) is 6.82. The van der Waals surface area contributed by atoms with Crippen LogP contribution in [-0.4, -0.2) is 27.6 Å². The number of nitrogens with one attached hydrogen (secondary N) is 1. The van der Waals surface area contributed by atoms with Crippen LogP contribution in [0.5, 0.6) is 5.75 Å². The third-order valence-corrected chi connectivity index (χ3v) is 7.56. The van der Waals surface area contributed by atoms with E-state index in [1.165, 1.54) is 0 Å². The Morgan fingerprint density at radius 3 is 2.39 bits per heavy atom. The number of ether oxygens (including phenoxy) is 1. The number of halogens is 2. The lowest BCUT2D eigenvalue weighted by Crippen LogP contribution is -2.40. The fourth-order valence-corrected chi connectivity index (χ4v) is 5.13. The van der Waals surface area contributed by atoms with Crippen LogP contribution < -0.4 is 15.6 Å². The molecule has 2 amide bonds. The van der Waals surface area contributed by atoms with Gasteiger partial charge in [0.15, 0.2) is 0 Å². The molecule has 0 bridgehead atoms. The summed E-state index contributed by atoms with van der Waals surface area (Å²) in [6, 6.07) is 28.1. The van der Waals surface area contributed by atoms with E-state index in [0.717, 1.165) is 5.56 Å². The number of amides is 2. The van der Waals surface area contributed by atoms with Crippen LogP contribution in [0.4, 0.5) is 10.5 Å². The fourth-order valence-electron chi connectivity index (χ4n) is 4.84. The molecule has 5 aromatic rings. The number of para-hydroxylation sites is 3. The molecule has 1 unspecified atom stereocenters. The predicted octanol–water partition coefficient (Wildman–Crippen LogP) is 7.89. The minimum Gasteiger partial charge on any atom is -0.495 e. The molecule has 4 aromatic carbocycles. The zero-order valence-corrected chi connectivity index (χ0v) is 24.1. The van der Waals surface area contributed by atoms with Gasteiger partial charge in [-0.2, -0.15) is 0 Å². The number of fused-ring (bicyclic) bond motifs is 1. The maximum absolute atomic E-state index is 14.1. The van der Waals surface area contributed by atoms with E-state index < -0.39 is 6.04 Å². The van der Waals surface area contributed by atoms with Gasteiger partial charge in [-0.1, -0.05) is 84.7 Å². The molecule has 41 heavy (non-hydrogen) atoms. The molecule has 0 spiro atoms. The molecule has 1 N–H and O–H groups in total. The molecule has 208 valence electrons. The van der Waals surface area contributed by atoms with Gasteiger partial charge in [-0.15, -0.1) is 0 Å². The van der Waals surface area contributed by atoms with Crippen LogP contribution in [0, 0.1) is 0 Å². The van der Waals surface area contributed by atoms with Crippen molar-refractivity contribution in [2.75, 3.05) is 12.4 Å². The Morgan fingerprint density at radius 1 is 0.951 bits per heavy atom. The van der Waals surface area contributed by atoms with Gasteiger partial charge in [0.2, 0.25) is 0 Å². The lowest BCUT2D eigenvalue weighted by Gasteiger charge is -2.32. The molecular weight excluding hydrogens is 559 g/mol. The second kappa shape index (κ2) is 12.5. The van der Waals surface area contributed by atoms with Crippen LogP contribution in [0.2, 0.25) is 10.0 Å². The number of carbonyl (C=O) groups is 1. The number of aromatic nitrogens is 2. The molecule has 1 aromatic heterocycles. The Kier molecular flexibility index (Phi) is 8.57. The average Bonchev–Trinajstić information content (AvgIpc) is 2.99. The lowest BCUT2D eigenvalue weighted by molar-refractivity contribution is 0.177. The summed E-state index contributed by atoms with van der Waals surface area (Å²) in [6.45, 7) is 2.23. The number of benzene rings is 4. The minimum absolute atomic E-state index is 0.252. The Morgan fingerprint density at radius 2 is 1.66 bits per heavy atom. The van der Waals surface area contributed by atoms with Crippen LogP contribution in [0.15, 0.2) is 102 Å². The second-order valence-electron chi connectivity index (χ2n) is 9.40. The van der Waals surface area contributed by atoms with Gasteiger partial charge in [0.05, 0.1) is 39.8 Å². The van der Waals surface area contributed by atoms with Gasteiger partial charge in [-0.05, 0) is 54.4 Å². The van der Waals surface area contributed by atoms with Crippen molar-refractivity contribution in [3.63, 3.8) is 0 Å². The normalized spacial score (nSPS) is 11.7. The van der Waals surface area contributed by atoms with Crippen molar-refractivity contribution in [3.8, 4) is 11.4 Å². The fraction of sp³-hybridized carbons (Fsp3) is 0.156. The summed E-state index contributed by atoms with van der Waals surface area (Å²) in [5.41, 5.74) is 2.24. The first-order chi connectivity index (χ1) is 19.9. The average molecular weight is 588 g/mol. The molecule has 0 aliphatic carbocycles. The van der Waals surface area contributed by atoms with Crippen LogP contribution in [-0.2, 0) is 6.54 Å².